The predicted molar refractivity (Wildman–Crippen MR) is 143 cm³/mol. The largest absolute Gasteiger partial charge is 0.488 e. The molecule has 0 saturated heterocycles. The van der Waals surface area contributed by atoms with Crippen LogP contribution in [-0.2, 0) is 17.9 Å². The van der Waals surface area contributed by atoms with Gasteiger partial charge >= 0.3 is 0 Å². The maximum Gasteiger partial charge on any atom is 0.262 e. The molecule has 36 heavy (non-hydrogen) atoms. The van der Waals surface area contributed by atoms with E-state index in [1.54, 1.807) is 13.0 Å². The third-order valence-electron chi connectivity index (χ3n) is 5.52. The lowest BCUT2D eigenvalue weighted by molar-refractivity contribution is -0.127. The summed E-state index contributed by atoms with van der Waals surface area (Å²) in [5.41, 5.74) is 7.57. The van der Waals surface area contributed by atoms with E-state index >= 15 is 0 Å². The number of ether oxygens (including phenoxy) is 1. The van der Waals surface area contributed by atoms with Gasteiger partial charge in [-0.05, 0) is 79.8 Å². The number of aryl methyl sites for hydroxylation is 3. The number of hydroxylamine groups is 1. The first kappa shape index (κ1) is 28.8. The van der Waals surface area contributed by atoms with E-state index in [0.29, 0.717) is 17.9 Å². The summed E-state index contributed by atoms with van der Waals surface area (Å²) in [5.74, 6) is 0.176. The lowest BCUT2D eigenvalue weighted by atomic mass is 10.1. The summed E-state index contributed by atoms with van der Waals surface area (Å²) in [6.07, 6.45) is 2.47. The van der Waals surface area contributed by atoms with Crippen LogP contribution >= 0.6 is 0 Å². The summed E-state index contributed by atoms with van der Waals surface area (Å²) >= 11 is 0. The van der Waals surface area contributed by atoms with Crippen molar-refractivity contribution in [3.63, 3.8) is 0 Å². The Labute approximate surface area is 213 Å². The van der Waals surface area contributed by atoms with Crippen molar-refractivity contribution >= 4 is 11.6 Å². The molecular formula is C29H38FN3O3. The van der Waals surface area contributed by atoms with Crippen LogP contribution in [0, 0.1) is 26.6 Å². The fourth-order valence-corrected chi connectivity index (χ4v) is 3.61. The quantitative estimate of drug-likeness (QED) is 0.153. The van der Waals surface area contributed by atoms with Crippen LogP contribution in [0.2, 0.25) is 0 Å². The molecule has 0 saturated carbocycles. The van der Waals surface area contributed by atoms with E-state index in [0.717, 1.165) is 18.8 Å². The van der Waals surface area contributed by atoms with Crippen molar-refractivity contribution in [2.45, 2.75) is 53.7 Å². The molecule has 3 rings (SSSR count). The molecule has 3 aromatic rings. The Balaban J connectivity index is 0.000000281. The average Bonchev–Trinajstić information content (AvgIpc) is 2.87. The Morgan fingerprint density at radius 3 is 2.25 bits per heavy atom. The van der Waals surface area contributed by atoms with Gasteiger partial charge in [-0.1, -0.05) is 55.8 Å². The Morgan fingerprint density at radius 2 is 1.64 bits per heavy atom. The zero-order valence-electron chi connectivity index (χ0n) is 21.7. The summed E-state index contributed by atoms with van der Waals surface area (Å²) in [6.45, 7) is 10.7. The molecule has 0 aliphatic heterocycles. The zero-order valence-corrected chi connectivity index (χ0v) is 21.7. The summed E-state index contributed by atoms with van der Waals surface area (Å²) < 4.78 is 18.8. The Kier molecular flexibility index (Phi) is 12.4. The van der Waals surface area contributed by atoms with E-state index in [2.05, 4.69) is 55.7 Å². The molecule has 0 spiro atoms. The SMILES string of the molecule is CCCCNCc1cc(C)c(OCc2ccccc2)c(C)c1.Cc1cc(NCC(=O)NO)ccc1F. The number of rotatable bonds is 11. The van der Waals surface area contributed by atoms with Crippen molar-refractivity contribution in [2.24, 2.45) is 0 Å². The van der Waals surface area contributed by atoms with Gasteiger partial charge in [0.05, 0.1) is 6.54 Å². The van der Waals surface area contributed by atoms with Crippen molar-refractivity contribution in [2.75, 3.05) is 18.4 Å². The maximum absolute atomic E-state index is 12.8. The Morgan fingerprint density at radius 1 is 0.944 bits per heavy atom. The molecule has 194 valence electrons. The van der Waals surface area contributed by atoms with Gasteiger partial charge in [0.2, 0.25) is 0 Å². The van der Waals surface area contributed by atoms with Crippen molar-refractivity contribution in [3.8, 4) is 5.75 Å². The van der Waals surface area contributed by atoms with Gasteiger partial charge in [0.25, 0.3) is 5.91 Å². The highest BCUT2D eigenvalue weighted by atomic mass is 19.1. The molecule has 0 radical (unpaired) electrons. The molecule has 0 aliphatic carbocycles. The highest BCUT2D eigenvalue weighted by molar-refractivity contribution is 5.79. The van der Waals surface area contributed by atoms with E-state index < -0.39 is 5.91 Å². The number of benzene rings is 3. The molecular weight excluding hydrogens is 457 g/mol. The standard InChI is InChI=1S/C20H27NO.C9H11FN2O2/c1-4-5-11-21-14-19-12-16(2)20(17(3)13-19)22-15-18-9-7-6-8-10-18;1-6-4-7(2-3-8(6)10)11-5-9(13)12-14/h6-10,12-13,21H,4-5,11,14-15H2,1-3H3;2-4,11,14H,5H2,1H3,(H,12,13). The van der Waals surface area contributed by atoms with Gasteiger partial charge < -0.3 is 15.4 Å². The molecule has 3 aromatic carbocycles. The second-order valence-corrected chi connectivity index (χ2v) is 8.72. The monoisotopic (exact) mass is 495 g/mol. The van der Waals surface area contributed by atoms with Crippen LogP contribution in [0.15, 0.2) is 60.7 Å². The topological polar surface area (TPSA) is 82.6 Å². The lowest BCUT2D eigenvalue weighted by Crippen LogP contribution is -2.26. The second-order valence-electron chi connectivity index (χ2n) is 8.72. The zero-order chi connectivity index (χ0) is 26.3. The lowest BCUT2D eigenvalue weighted by Gasteiger charge is -2.14. The number of anilines is 1. The van der Waals surface area contributed by atoms with Crippen LogP contribution in [-0.4, -0.2) is 24.2 Å². The van der Waals surface area contributed by atoms with E-state index in [-0.39, 0.29) is 12.4 Å². The van der Waals surface area contributed by atoms with Gasteiger partial charge in [0.15, 0.2) is 0 Å². The predicted octanol–water partition coefficient (Wildman–Crippen LogP) is 5.82. The average molecular weight is 496 g/mol. The highest BCUT2D eigenvalue weighted by Crippen LogP contribution is 2.26. The fraction of sp³-hybridized carbons (Fsp3) is 0.345. The number of unbranched alkanes of at least 4 members (excludes halogenated alkanes) is 1. The van der Waals surface area contributed by atoms with Crippen molar-refractivity contribution in [3.05, 3.63) is 94.3 Å². The molecule has 0 heterocycles. The van der Waals surface area contributed by atoms with Crippen LogP contribution < -0.4 is 20.9 Å². The van der Waals surface area contributed by atoms with Crippen molar-refractivity contribution < 1.29 is 19.1 Å². The third kappa shape index (κ3) is 10.1. The minimum Gasteiger partial charge on any atom is -0.488 e. The first-order chi connectivity index (χ1) is 17.3. The smallest absolute Gasteiger partial charge is 0.262 e. The normalized spacial score (nSPS) is 10.3. The molecule has 0 unspecified atom stereocenters. The molecule has 0 bridgehead atoms. The first-order valence-electron chi connectivity index (χ1n) is 12.2. The Bertz CT molecular complexity index is 1070. The van der Waals surface area contributed by atoms with Gasteiger partial charge in [-0.15, -0.1) is 0 Å². The number of hydrogen-bond acceptors (Lipinski definition) is 5. The summed E-state index contributed by atoms with van der Waals surface area (Å²) in [4.78, 5) is 10.6. The van der Waals surface area contributed by atoms with Gasteiger partial charge in [0, 0.05) is 12.2 Å². The second kappa shape index (κ2) is 15.5. The van der Waals surface area contributed by atoms with Gasteiger partial charge in [0.1, 0.15) is 18.2 Å². The molecule has 0 aliphatic rings. The molecule has 0 fully saturated rings. The molecule has 0 aromatic heterocycles. The molecule has 4 N–H and O–H groups in total. The summed E-state index contributed by atoms with van der Waals surface area (Å²) in [7, 11) is 0. The number of halogens is 1. The van der Waals surface area contributed by atoms with E-state index in [4.69, 9.17) is 9.94 Å². The molecule has 7 heteroatoms. The number of amides is 1. The first-order valence-corrected chi connectivity index (χ1v) is 12.2. The van der Waals surface area contributed by atoms with Crippen molar-refractivity contribution in [1.29, 1.82) is 0 Å². The fourth-order valence-electron chi connectivity index (χ4n) is 3.61. The van der Waals surface area contributed by atoms with Gasteiger partial charge in [-0.2, -0.15) is 0 Å². The third-order valence-corrected chi connectivity index (χ3v) is 5.52. The number of hydrogen-bond donors (Lipinski definition) is 4. The number of carbonyl (C=O) groups excluding carboxylic acids is 1. The molecule has 6 nitrogen and oxygen atoms in total. The van der Waals surface area contributed by atoms with Gasteiger partial charge in [-0.25, -0.2) is 9.87 Å². The maximum atomic E-state index is 12.8. The summed E-state index contributed by atoms with van der Waals surface area (Å²) in [5, 5.41) is 14.4. The highest BCUT2D eigenvalue weighted by Gasteiger charge is 2.07. The Hall–Kier alpha value is -3.42. The van der Waals surface area contributed by atoms with E-state index in [1.807, 2.05) is 18.2 Å². The molecule has 0 atom stereocenters. The van der Waals surface area contributed by atoms with Crippen molar-refractivity contribution in [1.82, 2.24) is 10.8 Å². The number of nitrogens with one attached hydrogen (secondary N) is 3. The molecule has 1 amide bonds. The van der Waals surface area contributed by atoms with Crippen LogP contribution in [0.3, 0.4) is 0 Å². The van der Waals surface area contributed by atoms with Crippen LogP contribution in [0.25, 0.3) is 0 Å². The van der Waals surface area contributed by atoms with Crippen LogP contribution in [0.5, 0.6) is 5.75 Å². The van der Waals surface area contributed by atoms with Crippen LogP contribution in [0.4, 0.5) is 10.1 Å². The summed E-state index contributed by atoms with van der Waals surface area (Å²) in [6, 6.07) is 19.2. The van der Waals surface area contributed by atoms with Crippen LogP contribution in [0.1, 0.15) is 47.6 Å². The van der Waals surface area contributed by atoms with E-state index in [1.165, 1.54) is 52.7 Å². The van der Waals surface area contributed by atoms with Gasteiger partial charge in [-0.3, -0.25) is 10.0 Å². The minimum atomic E-state index is -0.549. The van der Waals surface area contributed by atoms with E-state index in [9.17, 15) is 9.18 Å². The number of carbonyl (C=O) groups is 1. The minimum absolute atomic E-state index is 0.0540.